The molecule has 1 heterocycles. The van der Waals surface area contributed by atoms with Crippen LogP contribution in [0.5, 0.6) is 0 Å². The van der Waals surface area contributed by atoms with Crippen molar-refractivity contribution in [1.82, 2.24) is 5.32 Å². The average Bonchev–Trinajstić information content (AvgIpc) is 2.51. The van der Waals surface area contributed by atoms with E-state index in [9.17, 15) is 0 Å². The average molecular weight is 385 g/mol. The van der Waals surface area contributed by atoms with E-state index in [0.717, 1.165) is 19.5 Å². The summed E-state index contributed by atoms with van der Waals surface area (Å²) in [5.74, 6) is 0.895. The molecular formula is C17H16BrCl2N. The lowest BCUT2D eigenvalue weighted by Gasteiger charge is -2.33. The molecule has 0 radical (unpaired) electrons. The molecule has 0 aliphatic carbocycles. The van der Waals surface area contributed by atoms with Crippen molar-refractivity contribution in [1.29, 1.82) is 0 Å². The lowest BCUT2D eigenvalue weighted by Crippen LogP contribution is -2.34. The van der Waals surface area contributed by atoms with Gasteiger partial charge in [-0.15, -0.1) is 0 Å². The van der Waals surface area contributed by atoms with Crippen LogP contribution in [0, 0.1) is 0 Å². The van der Waals surface area contributed by atoms with Gasteiger partial charge in [-0.2, -0.15) is 0 Å². The molecule has 1 aliphatic heterocycles. The Hall–Kier alpha value is -0.540. The normalized spacial score (nSPS) is 22.2. The fourth-order valence-corrected chi connectivity index (χ4v) is 3.99. The number of hydrogen-bond acceptors (Lipinski definition) is 1. The van der Waals surface area contributed by atoms with Gasteiger partial charge in [-0.3, -0.25) is 0 Å². The molecule has 2 aromatic carbocycles. The molecule has 0 amide bonds. The van der Waals surface area contributed by atoms with Crippen LogP contribution in [0.15, 0.2) is 46.9 Å². The first kappa shape index (κ1) is 15.4. The van der Waals surface area contributed by atoms with Gasteiger partial charge < -0.3 is 5.32 Å². The molecule has 1 nitrogen and oxygen atoms in total. The number of hydrogen-bond donors (Lipinski definition) is 1. The maximum Gasteiger partial charge on any atom is 0.0595 e. The monoisotopic (exact) mass is 383 g/mol. The minimum absolute atomic E-state index is 0.437. The first-order valence-electron chi connectivity index (χ1n) is 7.07. The summed E-state index contributed by atoms with van der Waals surface area (Å²) in [5.41, 5.74) is 2.62. The highest BCUT2D eigenvalue weighted by Gasteiger charge is 2.29. The van der Waals surface area contributed by atoms with Crippen LogP contribution >= 0.6 is 39.1 Å². The molecule has 0 spiro atoms. The van der Waals surface area contributed by atoms with E-state index >= 15 is 0 Å². The molecule has 0 bridgehead atoms. The second-order valence-electron chi connectivity index (χ2n) is 5.40. The molecule has 4 heteroatoms. The minimum atomic E-state index is 0.437. The third kappa shape index (κ3) is 3.29. The second-order valence-corrected chi connectivity index (χ2v) is 7.07. The summed E-state index contributed by atoms with van der Waals surface area (Å²) in [7, 11) is 0. The largest absolute Gasteiger partial charge is 0.316 e. The van der Waals surface area contributed by atoms with Crippen molar-refractivity contribution in [3.8, 4) is 0 Å². The molecule has 1 fully saturated rings. The van der Waals surface area contributed by atoms with Gasteiger partial charge in [0.05, 0.1) is 10.0 Å². The maximum atomic E-state index is 6.20. The van der Waals surface area contributed by atoms with Gasteiger partial charge in [-0.05, 0) is 48.2 Å². The van der Waals surface area contributed by atoms with Gasteiger partial charge in [0.15, 0.2) is 0 Å². The molecule has 1 saturated heterocycles. The molecule has 0 saturated carbocycles. The van der Waals surface area contributed by atoms with Crippen LogP contribution in [-0.4, -0.2) is 13.1 Å². The number of piperidine rings is 1. The van der Waals surface area contributed by atoms with Gasteiger partial charge in [0, 0.05) is 16.9 Å². The molecule has 0 aromatic heterocycles. The first-order chi connectivity index (χ1) is 10.2. The van der Waals surface area contributed by atoms with Crippen LogP contribution in [0.25, 0.3) is 0 Å². The minimum Gasteiger partial charge on any atom is -0.316 e. The first-order valence-corrected chi connectivity index (χ1v) is 8.62. The molecule has 2 atom stereocenters. The summed E-state index contributed by atoms with van der Waals surface area (Å²) in [6, 6.07) is 14.5. The van der Waals surface area contributed by atoms with Gasteiger partial charge in [0.2, 0.25) is 0 Å². The van der Waals surface area contributed by atoms with Crippen molar-refractivity contribution < 1.29 is 0 Å². The zero-order chi connectivity index (χ0) is 14.8. The van der Waals surface area contributed by atoms with E-state index in [0.29, 0.717) is 21.9 Å². The molecular weight excluding hydrogens is 369 g/mol. The van der Waals surface area contributed by atoms with Crippen LogP contribution in [-0.2, 0) is 0 Å². The molecule has 1 N–H and O–H groups in total. The summed E-state index contributed by atoms with van der Waals surface area (Å²) in [6.45, 7) is 2.01. The summed E-state index contributed by atoms with van der Waals surface area (Å²) >= 11 is 15.9. The molecule has 2 aromatic rings. The van der Waals surface area contributed by atoms with Crippen LogP contribution in [0.2, 0.25) is 10.0 Å². The van der Waals surface area contributed by atoms with Gasteiger partial charge in [0.25, 0.3) is 0 Å². The zero-order valence-electron chi connectivity index (χ0n) is 11.5. The Morgan fingerprint density at radius 1 is 1.00 bits per heavy atom. The van der Waals surface area contributed by atoms with Crippen molar-refractivity contribution in [3.05, 3.63) is 68.1 Å². The third-order valence-corrected chi connectivity index (χ3v) is 5.62. The fraction of sp³-hybridized carbons (Fsp3) is 0.294. The Balaban J connectivity index is 1.98. The van der Waals surface area contributed by atoms with Crippen LogP contribution in [0.4, 0.5) is 0 Å². The standard InChI is InChI=1S/C17H16BrCl2N/c18-15-4-2-1-3-13(15)14-10-21-8-7-12(14)11-5-6-16(19)17(20)9-11/h1-6,9,12,14,21H,7-8,10H2. The Labute approximate surface area is 143 Å². The lowest BCUT2D eigenvalue weighted by molar-refractivity contribution is 0.403. The van der Waals surface area contributed by atoms with Crippen molar-refractivity contribution in [2.45, 2.75) is 18.3 Å². The van der Waals surface area contributed by atoms with E-state index in [1.54, 1.807) is 0 Å². The third-order valence-electron chi connectivity index (χ3n) is 4.16. The maximum absolute atomic E-state index is 6.20. The SMILES string of the molecule is Clc1ccc(C2CCNCC2c2ccccc2Br)cc1Cl. The van der Waals surface area contributed by atoms with E-state index in [-0.39, 0.29) is 0 Å². The molecule has 21 heavy (non-hydrogen) atoms. The lowest BCUT2D eigenvalue weighted by atomic mass is 9.77. The highest BCUT2D eigenvalue weighted by molar-refractivity contribution is 9.10. The van der Waals surface area contributed by atoms with E-state index in [4.69, 9.17) is 23.2 Å². The fourth-order valence-electron chi connectivity index (χ4n) is 3.10. The molecule has 1 aliphatic rings. The topological polar surface area (TPSA) is 12.0 Å². The molecule has 110 valence electrons. The molecule has 2 unspecified atom stereocenters. The Morgan fingerprint density at radius 2 is 1.81 bits per heavy atom. The quantitative estimate of drug-likeness (QED) is 0.708. The Kier molecular flexibility index (Phi) is 4.90. The van der Waals surface area contributed by atoms with Gasteiger partial charge in [0.1, 0.15) is 0 Å². The number of halogens is 3. The van der Waals surface area contributed by atoms with Crippen molar-refractivity contribution in [3.63, 3.8) is 0 Å². The van der Waals surface area contributed by atoms with Gasteiger partial charge in [-0.1, -0.05) is 63.4 Å². The summed E-state index contributed by atoms with van der Waals surface area (Å²) < 4.78 is 1.17. The van der Waals surface area contributed by atoms with Crippen molar-refractivity contribution in [2.75, 3.05) is 13.1 Å². The Morgan fingerprint density at radius 3 is 2.57 bits per heavy atom. The highest BCUT2D eigenvalue weighted by Crippen LogP contribution is 2.41. The van der Waals surface area contributed by atoms with E-state index in [1.807, 2.05) is 12.1 Å². The Bertz CT molecular complexity index is 644. The van der Waals surface area contributed by atoms with E-state index in [1.165, 1.54) is 15.6 Å². The van der Waals surface area contributed by atoms with Crippen molar-refractivity contribution >= 4 is 39.1 Å². The predicted molar refractivity (Wildman–Crippen MR) is 93.6 cm³/mol. The van der Waals surface area contributed by atoms with Crippen LogP contribution in [0.3, 0.4) is 0 Å². The highest BCUT2D eigenvalue weighted by atomic mass is 79.9. The van der Waals surface area contributed by atoms with Crippen LogP contribution < -0.4 is 5.32 Å². The van der Waals surface area contributed by atoms with Gasteiger partial charge in [-0.25, -0.2) is 0 Å². The van der Waals surface area contributed by atoms with E-state index in [2.05, 4.69) is 51.6 Å². The summed E-state index contributed by atoms with van der Waals surface area (Å²) in [6.07, 6.45) is 1.10. The summed E-state index contributed by atoms with van der Waals surface area (Å²) in [4.78, 5) is 0. The van der Waals surface area contributed by atoms with Gasteiger partial charge >= 0.3 is 0 Å². The van der Waals surface area contributed by atoms with Crippen molar-refractivity contribution in [2.24, 2.45) is 0 Å². The summed E-state index contributed by atoms with van der Waals surface area (Å²) in [5, 5.41) is 4.76. The number of nitrogens with one attached hydrogen (secondary N) is 1. The zero-order valence-corrected chi connectivity index (χ0v) is 14.5. The molecule has 3 rings (SSSR count). The van der Waals surface area contributed by atoms with E-state index < -0.39 is 0 Å². The number of rotatable bonds is 2. The van der Waals surface area contributed by atoms with Crippen LogP contribution in [0.1, 0.15) is 29.4 Å². The predicted octanol–water partition coefficient (Wildman–Crippen LogP) is 5.62. The number of benzene rings is 2. The smallest absolute Gasteiger partial charge is 0.0595 e. The second kappa shape index (κ2) is 6.70.